The van der Waals surface area contributed by atoms with Gasteiger partial charge < -0.3 is 24.4 Å². The molecule has 164 valence electrons. The fourth-order valence-corrected chi connectivity index (χ4v) is 8.53. The van der Waals surface area contributed by atoms with Crippen molar-refractivity contribution in [3.8, 4) is 0 Å². The van der Waals surface area contributed by atoms with Crippen LogP contribution in [0.25, 0.3) is 0 Å². The predicted molar refractivity (Wildman–Crippen MR) is 115 cm³/mol. The normalized spacial score (nSPS) is 33.6. The van der Waals surface area contributed by atoms with Crippen molar-refractivity contribution in [1.82, 2.24) is 4.90 Å². The summed E-state index contributed by atoms with van der Waals surface area (Å²) in [6.45, 7) is 6.27. The Hall–Kier alpha value is -1.74. The van der Waals surface area contributed by atoms with E-state index in [4.69, 9.17) is 4.74 Å². The maximum Gasteiger partial charge on any atom is 0.264 e. The second-order valence-corrected chi connectivity index (χ2v) is 13.5. The van der Waals surface area contributed by atoms with Gasteiger partial charge in [0.2, 0.25) is 5.91 Å². The largest absolute Gasteiger partial charge is 0.432 e. The number of aliphatic hydroxyl groups is 1. The number of anilines is 1. The summed E-state index contributed by atoms with van der Waals surface area (Å²) >= 11 is 0. The van der Waals surface area contributed by atoms with Crippen molar-refractivity contribution in [1.29, 1.82) is 0 Å². The van der Waals surface area contributed by atoms with Gasteiger partial charge in [-0.05, 0) is 32.0 Å². The summed E-state index contributed by atoms with van der Waals surface area (Å²) in [4.78, 5) is 41.1. The summed E-state index contributed by atoms with van der Waals surface area (Å²) in [6.07, 6.45) is 1.25. The van der Waals surface area contributed by atoms with Crippen molar-refractivity contribution in [3.05, 3.63) is 29.8 Å². The molecule has 1 aromatic carbocycles. The number of ether oxygens (including phenoxy) is 1. The van der Waals surface area contributed by atoms with Gasteiger partial charge in [-0.1, -0.05) is 25.1 Å². The number of aliphatic hydroxyl groups excluding tert-OH is 1. The zero-order valence-corrected chi connectivity index (χ0v) is 19.2. The monoisotopic (exact) mass is 432 g/mol. The summed E-state index contributed by atoms with van der Waals surface area (Å²) in [7, 11) is -1.02. The first-order valence-corrected chi connectivity index (χ1v) is 13.8. The molecule has 0 unspecified atom stereocenters. The number of carbonyl (C=O) groups excluding carboxylic acids is 2. The first-order chi connectivity index (χ1) is 14.1. The van der Waals surface area contributed by atoms with Gasteiger partial charge in [0.05, 0.1) is 30.9 Å². The molecular weight excluding hydrogens is 400 g/mol. The number of para-hydroxylation sites is 1. The number of hydrogen-bond donors (Lipinski definition) is 2. The summed E-state index contributed by atoms with van der Waals surface area (Å²) in [6, 6.07) is 7.47. The van der Waals surface area contributed by atoms with Crippen LogP contribution in [0.1, 0.15) is 31.7 Å². The highest BCUT2D eigenvalue weighted by atomic mass is 28.4. The van der Waals surface area contributed by atoms with E-state index in [0.29, 0.717) is 6.54 Å². The van der Waals surface area contributed by atoms with Gasteiger partial charge in [-0.2, -0.15) is 0 Å². The lowest BCUT2D eigenvalue weighted by Gasteiger charge is -2.32. The Kier molecular flexibility index (Phi) is 5.33. The molecule has 30 heavy (non-hydrogen) atoms. The number of fused-ring (bicyclic) bond motifs is 2. The first kappa shape index (κ1) is 21.5. The Morgan fingerprint density at radius 1 is 1.33 bits per heavy atom. The molecule has 0 aromatic heterocycles. The molecule has 4 rings (SSSR count). The summed E-state index contributed by atoms with van der Waals surface area (Å²) in [5, 5.41) is 9.60. The van der Waals surface area contributed by atoms with Crippen LogP contribution >= 0.6 is 0 Å². The molecule has 1 aromatic rings. The Bertz CT molecular complexity index is 856. The van der Waals surface area contributed by atoms with E-state index < -0.39 is 20.0 Å². The van der Waals surface area contributed by atoms with E-state index in [1.807, 2.05) is 44.3 Å². The number of hydrogen-bond acceptors (Lipinski definition) is 5. The highest BCUT2D eigenvalue weighted by Gasteiger charge is 2.66. The van der Waals surface area contributed by atoms with Crippen LogP contribution in [0.4, 0.5) is 5.69 Å². The van der Waals surface area contributed by atoms with E-state index in [-0.39, 0.29) is 42.3 Å². The van der Waals surface area contributed by atoms with Crippen LogP contribution in [0.15, 0.2) is 24.3 Å². The molecule has 5 atom stereocenters. The minimum atomic E-state index is -2.76. The quantitative estimate of drug-likeness (QED) is 0.709. The Balaban J connectivity index is 1.70. The molecule has 1 spiro atoms. The van der Waals surface area contributed by atoms with Crippen molar-refractivity contribution in [2.75, 3.05) is 25.1 Å². The van der Waals surface area contributed by atoms with Crippen molar-refractivity contribution in [2.45, 2.75) is 62.6 Å². The van der Waals surface area contributed by atoms with E-state index in [0.717, 1.165) is 24.1 Å². The SMILES string of the molecule is C[C@@H]1[C@@H]([Si](C)(C)O)[C@H](CC(=O)N2CCC[C@H]2CO)O[C@@]12C(=O)N(C)c1ccccc12. The molecule has 7 nitrogen and oxygen atoms in total. The van der Waals surface area contributed by atoms with Gasteiger partial charge in [0.25, 0.3) is 5.91 Å². The summed E-state index contributed by atoms with van der Waals surface area (Å²) in [5.74, 6) is -0.465. The molecule has 2 fully saturated rings. The Labute approximate surface area is 178 Å². The standard InChI is InChI=1S/C22H32N2O5Si/c1-14-20(30(3,4)28)18(12-19(26)24-11-7-8-15(24)13-25)29-22(14)16-9-5-6-10-17(16)23(2)21(22)27/h5-6,9-10,14-15,18,20,25,28H,7-8,11-13H2,1-4H3/t14-,15+,18+,20-,22+/m1/s1. The lowest BCUT2D eigenvalue weighted by molar-refractivity contribution is -0.149. The fraction of sp³-hybridized carbons (Fsp3) is 0.636. The van der Waals surface area contributed by atoms with Gasteiger partial charge in [-0.25, -0.2) is 0 Å². The van der Waals surface area contributed by atoms with Gasteiger partial charge in [-0.3, -0.25) is 9.59 Å². The minimum Gasteiger partial charge on any atom is -0.432 e. The number of nitrogens with zero attached hydrogens (tertiary/aromatic N) is 2. The third-order valence-corrected chi connectivity index (χ3v) is 9.81. The van der Waals surface area contributed by atoms with Crippen molar-refractivity contribution in [3.63, 3.8) is 0 Å². The second kappa shape index (κ2) is 7.44. The average molecular weight is 433 g/mol. The lowest BCUT2D eigenvalue weighted by Crippen LogP contribution is -2.45. The van der Waals surface area contributed by atoms with Gasteiger partial charge in [-0.15, -0.1) is 0 Å². The number of rotatable bonds is 4. The van der Waals surface area contributed by atoms with Crippen LogP contribution < -0.4 is 4.90 Å². The van der Waals surface area contributed by atoms with Gasteiger partial charge >= 0.3 is 0 Å². The van der Waals surface area contributed by atoms with Crippen LogP contribution in [0.5, 0.6) is 0 Å². The lowest BCUT2D eigenvalue weighted by atomic mass is 9.82. The minimum absolute atomic E-state index is 0.0437. The van der Waals surface area contributed by atoms with Crippen molar-refractivity contribution in [2.24, 2.45) is 5.92 Å². The number of likely N-dealkylation sites (N-methyl/N-ethyl adjacent to an activating group) is 1. The smallest absolute Gasteiger partial charge is 0.264 e. The maximum atomic E-state index is 13.5. The predicted octanol–water partition coefficient (Wildman–Crippen LogP) is 1.83. The molecule has 2 amide bonds. The van der Waals surface area contributed by atoms with E-state index in [1.54, 1.807) is 16.8 Å². The molecule has 3 heterocycles. The van der Waals surface area contributed by atoms with E-state index >= 15 is 0 Å². The number of benzene rings is 1. The number of likely N-dealkylation sites (tertiary alicyclic amines) is 1. The van der Waals surface area contributed by atoms with Crippen LogP contribution in [0, 0.1) is 5.92 Å². The molecule has 3 aliphatic rings. The highest BCUT2D eigenvalue weighted by molar-refractivity contribution is 6.71. The van der Waals surface area contributed by atoms with Crippen LogP contribution in [-0.2, 0) is 19.9 Å². The summed E-state index contributed by atoms with van der Waals surface area (Å²) in [5.41, 5.74) is 0.199. The van der Waals surface area contributed by atoms with Crippen LogP contribution in [-0.4, -0.2) is 67.3 Å². The van der Waals surface area contributed by atoms with Gasteiger partial charge in [0.1, 0.15) is 0 Å². The molecule has 2 saturated heterocycles. The molecule has 0 saturated carbocycles. The van der Waals surface area contributed by atoms with E-state index in [2.05, 4.69) is 0 Å². The average Bonchev–Trinajstić information content (AvgIpc) is 3.34. The molecule has 2 N–H and O–H groups in total. The van der Waals surface area contributed by atoms with Crippen molar-refractivity contribution >= 4 is 25.8 Å². The maximum absolute atomic E-state index is 13.5. The fourth-order valence-electron chi connectivity index (χ4n) is 5.98. The Morgan fingerprint density at radius 2 is 2.03 bits per heavy atom. The second-order valence-electron chi connectivity index (χ2n) is 9.51. The molecular formula is C22H32N2O5Si. The van der Waals surface area contributed by atoms with Gasteiger partial charge in [0.15, 0.2) is 13.9 Å². The Morgan fingerprint density at radius 3 is 2.70 bits per heavy atom. The highest BCUT2D eigenvalue weighted by Crippen LogP contribution is 2.59. The van der Waals surface area contributed by atoms with E-state index in [1.165, 1.54) is 0 Å². The van der Waals surface area contributed by atoms with Gasteiger partial charge in [0, 0.05) is 30.6 Å². The van der Waals surface area contributed by atoms with Crippen LogP contribution in [0.3, 0.4) is 0 Å². The third-order valence-electron chi connectivity index (χ3n) is 7.31. The van der Waals surface area contributed by atoms with Crippen molar-refractivity contribution < 1.29 is 24.2 Å². The zero-order valence-electron chi connectivity index (χ0n) is 18.2. The molecule has 0 radical (unpaired) electrons. The molecule has 0 aliphatic carbocycles. The third kappa shape index (κ3) is 3.04. The first-order valence-electron chi connectivity index (χ1n) is 10.8. The number of amides is 2. The molecule has 8 heteroatoms. The van der Waals surface area contributed by atoms with Crippen LogP contribution in [0.2, 0.25) is 18.6 Å². The topological polar surface area (TPSA) is 90.3 Å². The summed E-state index contributed by atoms with van der Waals surface area (Å²) < 4.78 is 6.54. The number of carbonyl (C=O) groups is 2. The van der Waals surface area contributed by atoms with E-state index in [9.17, 15) is 19.5 Å². The zero-order chi connectivity index (χ0) is 21.8. The molecule has 3 aliphatic heterocycles. The molecule has 0 bridgehead atoms.